The van der Waals surface area contributed by atoms with Crippen molar-refractivity contribution in [1.82, 2.24) is 10.0 Å². The molecule has 0 atom stereocenters. The van der Waals surface area contributed by atoms with E-state index in [0.717, 1.165) is 24.3 Å². The third-order valence-electron chi connectivity index (χ3n) is 3.78. The molecule has 1 aromatic heterocycles. The van der Waals surface area contributed by atoms with Gasteiger partial charge < -0.3 is 5.32 Å². The lowest BCUT2D eigenvalue weighted by molar-refractivity contribution is 0.166. The maximum Gasteiger partial charge on any atom is 0.241 e. The number of hydrogen-bond acceptors (Lipinski definition) is 4. The van der Waals surface area contributed by atoms with E-state index in [1.807, 2.05) is 12.3 Å². The van der Waals surface area contributed by atoms with Gasteiger partial charge >= 0.3 is 0 Å². The maximum absolute atomic E-state index is 12.3. The first kappa shape index (κ1) is 15.0. The fourth-order valence-corrected chi connectivity index (χ4v) is 4.85. The van der Waals surface area contributed by atoms with Crippen LogP contribution >= 0.6 is 11.3 Å². The molecule has 4 nitrogen and oxygen atoms in total. The Kier molecular flexibility index (Phi) is 4.66. The van der Waals surface area contributed by atoms with Crippen LogP contribution in [0.25, 0.3) is 0 Å². The van der Waals surface area contributed by atoms with E-state index in [2.05, 4.69) is 17.0 Å². The number of nitrogens with one attached hydrogen (secondary N) is 2. The molecule has 1 heterocycles. The Bertz CT molecular complexity index is 519. The van der Waals surface area contributed by atoms with Crippen LogP contribution in [0.1, 0.15) is 38.0 Å². The second-order valence-corrected chi connectivity index (χ2v) is 8.21. The van der Waals surface area contributed by atoms with Crippen molar-refractivity contribution < 1.29 is 8.42 Å². The van der Waals surface area contributed by atoms with Gasteiger partial charge in [0.2, 0.25) is 10.0 Å². The molecule has 1 aromatic rings. The highest BCUT2D eigenvalue weighted by Gasteiger charge is 2.33. The second-order valence-electron chi connectivity index (χ2n) is 5.48. The highest BCUT2D eigenvalue weighted by Crippen LogP contribution is 2.39. The average molecular weight is 302 g/mol. The van der Waals surface area contributed by atoms with Crippen molar-refractivity contribution in [3.63, 3.8) is 0 Å². The van der Waals surface area contributed by atoms with Gasteiger partial charge in [0.05, 0.1) is 4.90 Å². The lowest BCUT2D eigenvalue weighted by atomic mass is 9.71. The first-order chi connectivity index (χ1) is 8.97. The Morgan fingerprint density at radius 3 is 2.74 bits per heavy atom. The van der Waals surface area contributed by atoms with E-state index in [1.54, 1.807) is 6.07 Å². The molecule has 0 amide bonds. The van der Waals surface area contributed by atoms with Gasteiger partial charge in [-0.3, -0.25) is 0 Å². The molecule has 0 aliphatic heterocycles. The van der Waals surface area contributed by atoms with Gasteiger partial charge in [-0.05, 0) is 36.2 Å². The zero-order chi connectivity index (χ0) is 13.9. The lowest BCUT2D eigenvalue weighted by Crippen LogP contribution is -2.40. The summed E-state index contributed by atoms with van der Waals surface area (Å²) < 4.78 is 27.4. The van der Waals surface area contributed by atoms with Crippen LogP contribution in [0.15, 0.2) is 16.3 Å². The summed E-state index contributed by atoms with van der Waals surface area (Å²) in [6.45, 7) is 6.15. The Labute approximate surface area is 119 Å². The van der Waals surface area contributed by atoms with E-state index in [1.165, 1.54) is 17.8 Å². The van der Waals surface area contributed by atoms with E-state index < -0.39 is 10.0 Å². The Balaban J connectivity index is 2.04. The first-order valence-electron chi connectivity index (χ1n) is 6.74. The van der Waals surface area contributed by atoms with Crippen LogP contribution in [-0.4, -0.2) is 21.5 Å². The van der Waals surface area contributed by atoms with Crippen LogP contribution in [-0.2, 0) is 16.6 Å². The number of rotatable bonds is 7. The SMILES string of the molecule is CCNCc1sccc1S(=O)(=O)NCC1(C)CCC1. The van der Waals surface area contributed by atoms with Crippen molar-refractivity contribution in [3.05, 3.63) is 16.3 Å². The summed E-state index contributed by atoms with van der Waals surface area (Å²) in [6, 6.07) is 1.70. The molecule has 1 fully saturated rings. The zero-order valence-electron chi connectivity index (χ0n) is 11.5. The van der Waals surface area contributed by atoms with Crippen LogP contribution in [0.3, 0.4) is 0 Å². The minimum Gasteiger partial charge on any atom is -0.312 e. The monoisotopic (exact) mass is 302 g/mol. The van der Waals surface area contributed by atoms with Gasteiger partial charge in [0, 0.05) is 18.0 Å². The summed E-state index contributed by atoms with van der Waals surface area (Å²) in [6.07, 6.45) is 3.44. The molecule has 0 radical (unpaired) electrons. The van der Waals surface area contributed by atoms with E-state index in [4.69, 9.17) is 0 Å². The summed E-state index contributed by atoms with van der Waals surface area (Å²) in [7, 11) is -3.37. The summed E-state index contributed by atoms with van der Waals surface area (Å²) in [4.78, 5) is 1.31. The highest BCUT2D eigenvalue weighted by molar-refractivity contribution is 7.89. The van der Waals surface area contributed by atoms with E-state index in [9.17, 15) is 8.42 Å². The molecule has 2 rings (SSSR count). The highest BCUT2D eigenvalue weighted by atomic mass is 32.2. The van der Waals surface area contributed by atoms with Crippen LogP contribution in [0, 0.1) is 5.41 Å². The molecule has 1 aliphatic rings. The molecule has 0 aromatic carbocycles. The lowest BCUT2D eigenvalue weighted by Gasteiger charge is -2.38. The van der Waals surface area contributed by atoms with Crippen molar-refractivity contribution in [1.29, 1.82) is 0 Å². The van der Waals surface area contributed by atoms with Crippen molar-refractivity contribution in [2.24, 2.45) is 5.41 Å². The van der Waals surface area contributed by atoms with Gasteiger partial charge in [-0.15, -0.1) is 11.3 Å². The summed E-state index contributed by atoms with van der Waals surface area (Å²) in [5.41, 5.74) is 0.158. The standard InChI is InChI=1S/C13H22N2O2S2/c1-3-14-9-11-12(5-8-18-11)19(16,17)15-10-13(2)6-4-7-13/h5,8,14-15H,3-4,6-7,9-10H2,1-2H3. The topological polar surface area (TPSA) is 58.2 Å². The number of thiophene rings is 1. The predicted octanol–water partition coefficient (Wildman–Crippen LogP) is 2.33. The smallest absolute Gasteiger partial charge is 0.241 e. The normalized spacial score (nSPS) is 18.2. The molecule has 0 spiro atoms. The van der Waals surface area contributed by atoms with Gasteiger partial charge in [-0.25, -0.2) is 13.1 Å². The van der Waals surface area contributed by atoms with Gasteiger partial charge in [-0.1, -0.05) is 20.3 Å². The van der Waals surface area contributed by atoms with Crippen LogP contribution in [0.4, 0.5) is 0 Å². The molecule has 19 heavy (non-hydrogen) atoms. The Morgan fingerprint density at radius 2 is 2.16 bits per heavy atom. The average Bonchev–Trinajstić information content (AvgIpc) is 2.80. The van der Waals surface area contributed by atoms with Crippen molar-refractivity contribution >= 4 is 21.4 Å². The van der Waals surface area contributed by atoms with Crippen molar-refractivity contribution in [2.45, 2.75) is 44.6 Å². The molecule has 6 heteroatoms. The van der Waals surface area contributed by atoms with Gasteiger partial charge in [0.1, 0.15) is 0 Å². The van der Waals surface area contributed by atoms with E-state index in [-0.39, 0.29) is 5.41 Å². The molecular weight excluding hydrogens is 280 g/mol. The number of sulfonamides is 1. The Hall–Kier alpha value is -0.430. The molecule has 2 N–H and O–H groups in total. The molecule has 0 bridgehead atoms. The summed E-state index contributed by atoms with van der Waals surface area (Å²) in [5.74, 6) is 0. The predicted molar refractivity (Wildman–Crippen MR) is 78.8 cm³/mol. The third kappa shape index (κ3) is 3.56. The van der Waals surface area contributed by atoms with Gasteiger partial charge in [0.15, 0.2) is 0 Å². The largest absolute Gasteiger partial charge is 0.312 e. The minimum atomic E-state index is -3.37. The molecular formula is C13H22N2O2S2. The molecule has 0 saturated heterocycles. The molecule has 1 saturated carbocycles. The van der Waals surface area contributed by atoms with Crippen molar-refractivity contribution in [2.75, 3.05) is 13.1 Å². The second kappa shape index (κ2) is 5.91. The first-order valence-corrected chi connectivity index (χ1v) is 9.10. The number of hydrogen-bond donors (Lipinski definition) is 2. The summed E-state index contributed by atoms with van der Waals surface area (Å²) in [5, 5.41) is 5.02. The molecule has 108 valence electrons. The Morgan fingerprint density at radius 1 is 1.42 bits per heavy atom. The van der Waals surface area contributed by atoms with Crippen LogP contribution in [0.2, 0.25) is 0 Å². The van der Waals surface area contributed by atoms with Crippen LogP contribution < -0.4 is 10.0 Å². The van der Waals surface area contributed by atoms with Crippen LogP contribution in [0.5, 0.6) is 0 Å². The maximum atomic E-state index is 12.3. The quantitative estimate of drug-likeness (QED) is 0.813. The van der Waals surface area contributed by atoms with E-state index >= 15 is 0 Å². The van der Waals surface area contributed by atoms with Crippen molar-refractivity contribution in [3.8, 4) is 0 Å². The minimum absolute atomic E-state index is 0.158. The summed E-state index contributed by atoms with van der Waals surface area (Å²) >= 11 is 1.49. The fraction of sp³-hybridized carbons (Fsp3) is 0.692. The molecule has 0 unspecified atom stereocenters. The van der Waals surface area contributed by atoms with Gasteiger partial charge in [0.25, 0.3) is 0 Å². The van der Waals surface area contributed by atoms with E-state index in [0.29, 0.717) is 18.0 Å². The fourth-order valence-electron chi connectivity index (χ4n) is 2.24. The zero-order valence-corrected chi connectivity index (χ0v) is 13.2. The molecule has 1 aliphatic carbocycles. The van der Waals surface area contributed by atoms with Gasteiger partial charge in [-0.2, -0.15) is 0 Å². The third-order valence-corrected chi connectivity index (χ3v) is 6.32.